The Balaban J connectivity index is 2.54. The maximum Gasteiger partial charge on any atom is 0.140 e. The van der Waals surface area contributed by atoms with E-state index in [1.165, 1.54) is 0 Å². The highest BCUT2D eigenvalue weighted by Gasteiger charge is 2.07. The fraction of sp³-hybridized carbons (Fsp3) is 0. The van der Waals surface area contributed by atoms with E-state index in [2.05, 4.69) is 42.4 Å². The maximum absolute atomic E-state index is 4.11. The third kappa shape index (κ3) is 1.84. The Morgan fingerprint density at radius 3 is 2.77 bits per heavy atom. The van der Waals surface area contributed by atoms with E-state index in [-0.39, 0.29) is 0 Å². The third-order valence-electron chi connectivity index (χ3n) is 1.71. The number of nitrogens with one attached hydrogen (secondary N) is 1. The molecule has 1 aromatic carbocycles. The number of fused-ring (bicyclic) bond motifs is 1. The van der Waals surface area contributed by atoms with Gasteiger partial charge in [0.2, 0.25) is 0 Å². The van der Waals surface area contributed by atoms with Crippen LogP contribution in [0.15, 0.2) is 33.8 Å². The molecule has 0 amide bonds. The molecule has 0 fully saturated rings. The number of allylic oxidation sites excluding steroid dienone is 1. The summed E-state index contributed by atoms with van der Waals surface area (Å²) in [5, 5.41) is 4.11. The van der Waals surface area contributed by atoms with Gasteiger partial charge in [0.25, 0.3) is 0 Å². The number of hydrogen-bond donors (Lipinski definition) is 1. The summed E-state index contributed by atoms with van der Waals surface area (Å²) in [6, 6.07) is 7.99. The van der Waals surface area contributed by atoms with E-state index in [4.69, 9.17) is 0 Å². The minimum Gasteiger partial charge on any atom is -0.277 e. The third-order valence-corrected chi connectivity index (χ3v) is 3.46. The predicted molar refractivity (Wildman–Crippen MR) is 63.3 cm³/mol. The molecule has 0 saturated heterocycles. The van der Waals surface area contributed by atoms with E-state index in [0.717, 1.165) is 20.4 Å². The van der Waals surface area contributed by atoms with Crippen molar-refractivity contribution in [2.24, 2.45) is 5.10 Å². The van der Waals surface area contributed by atoms with Crippen LogP contribution in [0, 0.1) is 0 Å². The first-order valence-electron chi connectivity index (χ1n) is 3.73. The molecule has 2 nitrogen and oxygen atoms in total. The van der Waals surface area contributed by atoms with Gasteiger partial charge in [-0.25, -0.2) is 0 Å². The fourth-order valence-corrected chi connectivity index (χ4v) is 1.62. The van der Waals surface area contributed by atoms with Crippen LogP contribution in [-0.2, 0) is 0 Å². The molecule has 1 aliphatic heterocycles. The second kappa shape index (κ2) is 3.64. The number of nitrogens with zero attached hydrogens (tertiary/aromatic N) is 1. The lowest BCUT2D eigenvalue weighted by molar-refractivity contribution is 1.35. The first-order chi connectivity index (χ1) is 6.27. The number of halogens is 2. The van der Waals surface area contributed by atoms with Crippen LogP contribution in [0.2, 0.25) is 0 Å². The number of benzene rings is 1. The number of para-hydroxylation sites is 1. The van der Waals surface area contributed by atoms with Crippen LogP contribution in [-0.4, -0.2) is 4.62 Å². The Labute approximate surface area is 93.0 Å². The van der Waals surface area contributed by atoms with Crippen molar-refractivity contribution in [3.8, 4) is 0 Å². The van der Waals surface area contributed by atoms with Crippen molar-refractivity contribution in [2.45, 2.75) is 0 Å². The van der Waals surface area contributed by atoms with Gasteiger partial charge in [0, 0.05) is 5.56 Å². The first kappa shape index (κ1) is 8.97. The largest absolute Gasteiger partial charge is 0.277 e. The van der Waals surface area contributed by atoms with Crippen LogP contribution in [0.5, 0.6) is 0 Å². The second-order valence-corrected chi connectivity index (χ2v) is 4.20. The highest BCUT2D eigenvalue weighted by atomic mass is 79.9. The molecule has 0 saturated carbocycles. The molecule has 0 bridgehead atoms. The maximum atomic E-state index is 4.11. The minimum absolute atomic E-state index is 0.767. The monoisotopic (exact) mass is 300 g/mol. The number of anilines is 1. The lowest BCUT2D eigenvalue weighted by Gasteiger charge is -2.01. The average molecular weight is 302 g/mol. The van der Waals surface area contributed by atoms with Gasteiger partial charge in [0.15, 0.2) is 0 Å². The van der Waals surface area contributed by atoms with Gasteiger partial charge in [0.1, 0.15) is 4.62 Å². The summed E-state index contributed by atoms with van der Waals surface area (Å²) >= 11 is 6.75. The van der Waals surface area contributed by atoms with Gasteiger partial charge in [-0.15, -0.1) is 0 Å². The van der Waals surface area contributed by atoms with Gasteiger partial charge in [-0.2, -0.15) is 5.10 Å². The standard InChI is InChI=1S/C9H6Br2N2/c10-7-5-6-3-1-2-4-8(6)12-13-9(7)11/h1-5,12H. The van der Waals surface area contributed by atoms with Gasteiger partial charge in [0.05, 0.1) is 10.2 Å². The van der Waals surface area contributed by atoms with E-state index in [0.29, 0.717) is 0 Å². The minimum atomic E-state index is 0.767. The molecule has 4 heteroatoms. The second-order valence-electron chi connectivity index (χ2n) is 2.59. The van der Waals surface area contributed by atoms with Gasteiger partial charge in [-0.3, -0.25) is 5.43 Å². The zero-order valence-electron chi connectivity index (χ0n) is 6.59. The van der Waals surface area contributed by atoms with Gasteiger partial charge in [-0.05, 0) is 44.0 Å². The van der Waals surface area contributed by atoms with E-state index >= 15 is 0 Å². The molecule has 1 heterocycles. The smallest absolute Gasteiger partial charge is 0.140 e. The SMILES string of the molecule is BrC1=Cc2ccccc2NN=C1Br. The number of hydrogen-bond acceptors (Lipinski definition) is 2. The van der Waals surface area contributed by atoms with Gasteiger partial charge in [-0.1, -0.05) is 18.2 Å². The van der Waals surface area contributed by atoms with Crippen LogP contribution in [0.1, 0.15) is 5.56 Å². The van der Waals surface area contributed by atoms with E-state index in [9.17, 15) is 0 Å². The Kier molecular flexibility index (Phi) is 2.51. The molecule has 66 valence electrons. The molecule has 0 aromatic heterocycles. The summed E-state index contributed by atoms with van der Waals surface area (Å²) in [5.74, 6) is 0. The first-order valence-corrected chi connectivity index (χ1v) is 5.32. The molecule has 13 heavy (non-hydrogen) atoms. The van der Waals surface area contributed by atoms with Crippen molar-refractivity contribution in [2.75, 3.05) is 5.43 Å². The Hall–Kier alpha value is -0.610. The van der Waals surface area contributed by atoms with Crippen LogP contribution < -0.4 is 5.43 Å². The van der Waals surface area contributed by atoms with Gasteiger partial charge < -0.3 is 0 Å². The van der Waals surface area contributed by atoms with E-state index < -0.39 is 0 Å². The quantitative estimate of drug-likeness (QED) is 0.778. The summed E-state index contributed by atoms with van der Waals surface area (Å²) < 4.78 is 1.70. The molecular weight excluding hydrogens is 296 g/mol. The molecule has 0 spiro atoms. The van der Waals surface area contributed by atoms with Crippen LogP contribution in [0.3, 0.4) is 0 Å². The van der Waals surface area contributed by atoms with Crippen LogP contribution >= 0.6 is 31.9 Å². The molecule has 1 aromatic rings. The zero-order chi connectivity index (χ0) is 9.26. The number of rotatable bonds is 0. The summed E-state index contributed by atoms with van der Waals surface area (Å²) in [7, 11) is 0. The average Bonchev–Trinajstić information content (AvgIpc) is 2.28. The van der Waals surface area contributed by atoms with Crippen molar-refractivity contribution < 1.29 is 0 Å². The highest BCUT2D eigenvalue weighted by Crippen LogP contribution is 2.25. The van der Waals surface area contributed by atoms with Crippen molar-refractivity contribution in [1.82, 2.24) is 0 Å². The van der Waals surface area contributed by atoms with Crippen molar-refractivity contribution >= 4 is 48.2 Å². The lowest BCUT2D eigenvalue weighted by Crippen LogP contribution is -1.91. The molecule has 0 atom stereocenters. The zero-order valence-corrected chi connectivity index (χ0v) is 9.76. The molecule has 1 aliphatic rings. The molecule has 1 N–H and O–H groups in total. The van der Waals surface area contributed by atoms with E-state index in [1.54, 1.807) is 0 Å². The lowest BCUT2D eigenvalue weighted by atomic mass is 10.2. The topological polar surface area (TPSA) is 24.4 Å². The Bertz CT molecular complexity index is 396. The summed E-state index contributed by atoms with van der Waals surface area (Å²) in [4.78, 5) is 0. The molecule has 0 unspecified atom stereocenters. The Morgan fingerprint density at radius 2 is 1.92 bits per heavy atom. The number of hydrazone groups is 1. The van der Waals surface area contributed by atoms with E-state index in [1.807, 2.05) is 30.3 Å². The summed E-state index contributed by atoms with van der Waals surface area (Å²) in [6.07, 6.45) is 2.02. The molecule has 0 radical (unpaired) electrons. The molecule has 2 rings (SSSR count). The Morgan fingerprint density at radius 1 is 1.15 bits per heavy atom. The van der Waals surface area contributed by atoms with Crippen LogP contribution in [0.4, 0.5) is 5.69 Å². The predicted octanol–water partition coefficient (Wildman–Crippen LogP) is 3.56. The van der Waals surface area contributed by atoms with Crippen molar-refractivity contribution in [1.29, 1.82) is 0 Å². The normalized spacial score (nSPS) is 14.9. The molecule has 0 aliphatic carbocycles. The van der Waals surface area contributed by atoms with Gasteiger partial charge >= 0.3 is 0 Å². The van der Waals surface area contributed by atoms with Crippen molar-refractivity contribution in [3.05, 3.63) is 34.3 Å². The van der Waals surface area contributed by atoms with Crippen molar-refractivity contribution in [3.63, 3.8) is 0 Å². The molecular formula is C9H6Br2N2. The highest BCUT2D eigenvalue weighted by molar-refractivity contribution is 9.21. The van der Waals surface area contributed by atoms with Crippen LogP contribution in [0.25, 0.3) is 6.08 Å². The summed E-state index contributed by atoms with van der Waals surface area (Å²) in [6.45, 7) is 0. The fourth-order valence-electron chi connectivity index (χ4n) is 1.08. The summed E-state index contributed by atoms with van der Waals surface area (Å²) in [5.41, 5.74) is 5.09.